The summed E-state index contributed by atoms with van der Waals surface area (Å²) in [6.07, 6.45) is 54.4. The van der Waals surface area contributed by atoms with E-state index in [1.165, 1.54) is 199 Å². The number of hydrogen-bond acceptors (Lipinski definition) is 15. The molecule has 0 rings (SSSR count). The summed E-state index contributed by atoms with van der Waals surface area (Å²) in [5.74, 6) is -1.37. The molecule has 0 aliphatic heterocycles. The third-order valence-electron chi connectivity index (χ3n) is 17.0. The van der Waals surface area contributed by atoms with Crippen LogP contribution in [-0.2, 0) is 65.4 Å². The zero-order valence-corrected chi connectivity index (χ0v) is 61.5. The summed E-state index contributed by atoms with van der Waals surface area (Å²) in [5, 5.41) is 10.6. The Labute approximate surface area is 562 Å². The summed E-state index contributed by atoms with van der Waals surface area (Å²) in [5.41, 5.74) is 0. The van der Waals surface area contributed by atoms with Crippen LogP contribution in [0.3, 0.4) is 0 Å². The van der Waals surface area contributed by atoms with E-state index in [9.17, 15) is 43.2 Å². The van der Waals surface area contributed by atoms with Gasteiger partial charge >= 0.3 is 39.5 Å². The van der Waals surface area contributed by atoms with E-state index in [1.54, 1.807) is 0 Å². The van der Waals surface area contributed by atoms with Crippen molar-refractivity contribution < 1.29 is 80.2 Å². The molecule has 0 aromatic heterocycles. The predicted molar refractivity (Wildman–Crippen MR) is 372 cm³/mol. The van der Waals surface area contributed by atoms with E-state index in [2.05, 4.69) is 34.6 Å². The third kappa shape index (κ3) is 66.7. The Hall–Kier alpha value is -1.94. The Bertz CT molecular complexity index is 1770. The van der Waals surface area contributed by atoms with Crippen LogP contribution >= 0.6 is 15.6 Å². The molecule has 0 aromatic rings. The van der Waals surface area contributed by atoms with E-state index in [1.807, 2.05) is 0 Å². The van der Waals surface area contributed by atoms with Gasteiger partial charge in [0.05, 0.1) is 26.4 Å². The highest BCUT2D eigenvalue weighted by atomic mass is 31.2. The van der Waals surface area contributed by atoms with E-state index in [0.29, 0.717) is 25.7 Å². The lowest BCUT2D eigenvalue weighted by atomic mass is 10.0. The molecular formula is C73H142O17P2. The van der Waals surface area contributed by atoms with E-state index >= 15 is 0 Å². The van der Waals surface area contributed by atoms with Crippen molar-refractivity contribution in [2.24, 2.45) is 5.92 Å². The van der Waals surface area contributed by atoms with Gasteiger partial charge in [-0.2, -0.15) is 0 Å². The summed E-state index contributed by atoms with van der Waals surface area (Å²) < 4.78 is 68.2. The van der Waals surface area contributed by atoms with Crippen LogP contribution in [0.15, 0.2) is 0 Å². The van der Waals surface area contributed by atoms with Crippen molar-refractivity contribution in [1.82, 2.24) is 0 Å². The van der Waals surface area contributed by atoms with Gasteiger partial charge in [0.25, 0.3) is 0 Å². The molecular weight excluding hydrogens is 1210 g/mol. The maximum absolute atomic E-state index is 13.1. The summed E-state index contributed by atoms with van der Waals surface area (Å²) in [6.45, 7) is 7.21. The average molecular weight is 1350 g/mol. The van der Waals surface area contributed by atoms with Gasteiger partial charge in [0, 0.05) is 25.7 Å². The molecule has 546 valence electrons. The first-order valence-corrected chi connectivity index (χ1v) is 41.1. The van der Waals surface area contributed by atoms with Gasteiger partial charge in [0.2, 0.25) is 0 Å². The second-order valence-electron chi connectivity index (χ2n) is 26.8. The Morgan fingerprint density at radius 3 is 0.739 bits per heavy atom. The Morgan fingerprint density at radius 2 is 0.500 bits per heavy atom. The normalized spacial score (nSPS) is 14.0. The van der Waals surface area contributed by atoms with Crippen LogP contribution in [0.2, 0.25) is 0 Å². The number of esters is 4. The van der Waals surface area contributed by atoms with E-state index in [0.717, 1.165) is 102 Å². The molecule has 19 heteroatoms. The van der Waals surface area contributed by atoms with Crippen molar-refractivity contribution in [1.29, 1.82) is 0 Å². The number of carbonyl (C=O) groups is 4. The molecule has 3 N–H and O–H groups in total. The van der Waals surface area contributed by atoms with Crippen molar-refractivity contribution in [2.75, 3.05) is 39.6 Å². The number of rotatable bonds is 73. The molecule has 0 aliphatic rings. The number of aliphatic hydroxyl groups excluding tert-OH is 1. The van der Waals surface area contributed by atoms with Crippen LogP contribution in [0.5, 0.6) is 0 Å². The largest absolute Gasteiger partial charge is 0.472 e. The average Bonchev–Trinajstić information content (AvgIpc) is 1.53. The number of hydrogen-bond donors (Lipinski definition) is 3. The Morgan fingerprint density at radius 1 is 0.293 bits per heavy atom. The lowest BCUT2D eigenvalue weighted by Gasteiger charge is -2.21. The van der Waals surface area contributed by atoms with E-state index in [-0.39, 0.29) is 25.7 Å². The number of unbranched alkanes of at least 4 members (excludes halogenated alkanes) is 45. The molecule has 0 amide bonds. The summed E-state index contributed by atoms with van der Waals surface area (Å²) in [4.78, 5) is 72.5. The Balaban J connectivity index is 5.13. The predicted octanol–water partition coefficient (Wildman–Crippen LogP) is 21.3. The van der Waals surface area contributed by atoms with Gasteiger partial charge in [-0.05, 0) is 31.6 Å². The molecule has 0 spiro atoms. The molecule has 0 aliphatic carbocycles. The van der Waals surface area contributed by atoms with Crippen LogP contribution < -0.4 is 0 Å². The minimum Gasteiger partial charge on any atom is -0.462 e. The molecule has 0 fully saturated rings. The monoisotopic (exact) mass is 1350 g/mol. The fourth-order valence-corrected chi connectivity index (χ4v) is 12.8. The SMILES string of the molecule is CCCCCCCCCCCCCCCCCCCCCCCCC(=O)O[C@H](COC(=O)CCCCCCCCCCCCC(C)C)COP(=O)(O)OC[C@@H](O)COP(=O)(O)OC[C@@H](COC(=O)CCCCCCCCCC)OC(=O)CCCCCCCCCCC. The first-order valence-electron chi connectivity index (χ1n) is 38.1. The summed E-state index contributed by atoms with van der Waals surface area (Å²) in [7, 11) is -9.90. The molecule has 92 heavy (non-hydrogen) atoms. The van der Waals surface area contributed by atoms with Crippen LogP contribution in [0.1, 0.15) is 381 Å². The van der Waals surface area contributed by atoms with Gasteiger partial charge in [-0.25, -0.2) is 9.13 Å². The smallest absolute Gasteiger partial charge is 0.462 e. The van der Waals surface area contributed by atoms with Crippen molar-refractivity contribution >= 4 is 39.5 Å². The minimum atomic E-state index is -4.95. The van der Waals surface area contributed by atoms with Crippen LogP contribution in [0.4, 0.5) is 0 Å². The van der Waals surface area contributed by atoms with Gasteiger partial charge in [0.15, 0.2) is 12.2 Å². The highest BCUT2D eigenvalue weighted by Gasteiger charge is 2.30. The van der Waals surface area contributed by atoms with Crippen LogP contribution in [0, 0.1) is 5.92 Å². The number of aliphatic hydroxyl groups is 1. The van der Waals surface area contributed by atoms with E-state index < -0.39 is 97.5 Å². The second kappa shape index (κ2) is 66.3. The molecule has 5 atom stereocenters. The first kappa shape index (κ1) is 90.1. The summed E-state index contributed by atoms with van der Waals surface area (Å²) >= 11 is 0. The van der Waals surface area contributed by atoms with Crippen LogP contribution in [-0.4, -0.2) is 96.7 Å². The standard InChI is InChI=1S/C73H142O17P2/c1-6-9-12-15-18-21-22-23-24-25-26-27-28-29-30-31-32-33-39-44-49-54-59-73(78)90-69(63-84-71(76)57-52-47-42-38-35-34-37-40-45-50-55-66(4)5)65-88-92(81,82)86-61-67(74)60-85-91(79,80)87-64-68(62-83-70(75)56-51-46-41-20-17-14-11-8-3)89-72(77)58-53-48-43-36-19-16-13-10-7-2/h66-69,74H,6-65H2,1-5H3,(H,79,80)(H,81,82)/t67-,68+,69+/m0/s1. The number of ether oxygens (including phenoxy) is 4. The number of phosphoric ester groups is 2. The van der Waals surface area contributed by atoms with Gasteiger partial charge in [-0.3, -0.25) is 37.3 Å². The number of phosphoric acid groups is 2. The van der Waals surface area contributed by atoms with Crippen molar-refractivity contribution in [2.45, 2.75) is 400 Å². The molecule has 0 bridgehead atoms. The molecule has 0 saturated heterocycles. The number of carbonyl (C=O) groups excluding carboxylic acids is 4. The third-order valence-corrected chi connectivity index (χ3v) is 18.9. The molecule has 0 heterocycles. The maximum atomic E-state index is 13.1. The lowest BCUT2D eigenvalue weighted by Crippen LogP contribution is -2.30. The highest BCUT2D eigenvalue weighted by Crippen LogP contribution is 2.45. The fourth-order valence-electron chi connectivity index (χ4n) is 11.2. The summed E-state index contributed by atoms with van der Waals surface area (Å²) in [6, 6.07) is 0. The first-order chi connectivity index (χ1) is 44.5. The second-order valence-corrected chi connectivity index (χ2v) is 29.7. The molecule has 2 unspecified atom stereocenters. The highest BCUT2D eigenvalue weighted by molar-refractivity contribution is 7.47. The molecule has 0 saturated carbocycles. The van der Waals surface area contributed by atoms with Crippen molar-refractivity contribution in [3.63, 3.8) is 0 Å². The van der Waals surface area contributed by atoms with E-state index in [4.69, 9.17) is 37.0 Å². The molecule has 0 aromatic carbocycles. The van der Waals surface area contributed by atoms with Crippen molar-refractivity contribution in [3.05, 3.63) is 0 Å². The quantitative estimate of drug-likeness (QED) is 0.0222. The van der Waals surface area contributed by atoms with Gasteiger partial charge in [0.1, 0.15) is 19.3 Å². The molecule has 17 nitrogen and oxygen atoms in total. The lowest BCUT2D eigenvalue weighted by molar-refractivity contribution is -0.161. The topological polar surface area (TPSA) is 237 Å². The zero-order valence-electron chi connectivity index (χ0n) is 59.7. The van der Waals surface area contributed by atoms with Gasteiger partial charge < -0.3 is 33.8 Å². The van der Waals surface area contributed by atoms with Crippen LogP contribution in [0.25, 0.3) is 0 Å². The zero-order chi connectivity index (χ0) is 67.7. The Kier molecular flexibility index (Phi) is 64.9. The van der Waals surface area contributed by atoms with Crippen molar-refractivity contribution in [3.8, 4) is 0 Å². The molecule has 0 radical (unpaired) electrons. The minimum absolute atomic E-state index is 0.106. The van der Waals surface area contributed by atoms with Gasteiger partial charge in [-0.15, -0.1) is 0 Å². The van der Waals surface area contributed by atoms with Gasteiger partial charge in [-0.1, -0.05) is 330 Å². The fraction of sp³-hybridized carbons (Fsp3) is 0.945. The maximum Gasteiger partial charge on any atom is 0.472 e.